The number of methoxy groups -OCH3 is 1. The number of aromatic nitrogens is 5. The van der Waals surface area contributed by atoms with Crippen LogP contribution in [0.15, 0.2) is 36.8 Å². The Hall–Kier alpha value is -6.44. The maximum Gasteiger partial charge on any atom is 0.406 e. The third-order valence-electron chi connectivity index (χ3n) is 18.3. The van der Waals surface area contributed by atoms with E-state index in [1.54, 1.807) is 39.3 Å². The van der Waals surface area contributed by atoms with E-state index in [0.717, 1.165) is 49.6 Å². The minimum atomic E-state index is -4.64. The van der Waals surface area contributed by atoms with Gasteiger partial charge in [-0.15, -0.1) is 10.2 Å². The molecule has 1 aromatic carbocycles. The lowest BCUT2D eigenvalue weighted by molar-refractivity contribution is -0.156. The van der Waals surface area contributed by atoms with Crippen molar-refractivity contribution in [1.29, 1.82) is 0 Å². The maximum atomic E-state index is 17.0. The van der Waals surface area contributed by atoms with Gasteiger partial charge in [-0.25, -0.2) is 19.2 Å². The van der Waals surface area contributed by atoms with E-state index in [2.05, 4.69) is 35.6 Å². The van der Waals surface area contributed by atoms with Gasteiger partial charge in [0.15, 0.2) is 5.67 Å². The molecule has 5 aliphatic heterocycles. The zero-order valence-electron chi connectivity index (χ0n) is 49.8. The number of fused-ring (bicyclic) bond motifs is 6. The van der Waals surface area contributed by atoms with E-state index >= 15 is 17.6 Å². The summed E-state index contributed by atoms with van der Waals surface area (Å²) in [7, 11) is 2.92. The molecule has 11 rings (SSSR count). The highest BCUT2D eigenvalue weighted by Crippen LogP contribution is 2.45. The number of halogens is 4. The number of rotatable bonds is 12. The zero-order chi connectivity index (χ0) is 60.3. The van der Waals surface area contributed by atoms with Crippen LogP contribution < -0.4 is 20.5 Å². The molecule has 6 bridgehead atoms. The van der Waals surface area contributed by atoms with E-state index in [4.69, 9.17) is 19.2 Å². The summed E-state index contributed by atoms with van der Waals surface area (Å²) in [5, 5.41) is 12.9. The van der Waals surface area contributed by atoms with Crippen LogP contribution in [-0.2, 0) is 46.4 Å². The minimum Gasteiger partial charge on any atom is -0.464 e. The van der Waals surface area contributed by atoms with Gasteiger partial charge in [-0.1, -0.05) is 27.7 Å². The van der Waals surface area contributed by atoms with Crippen molar-refractivity contribution in [2.45, 2.75) is 160 Å². The molecule has 0 radical (unpaired) electrons. The lowest BCUT2D eigenvalue weighted by Gasteiger charge is -2.41. The van der Waals surface area contributed by atoms with Crippen LogP contribution in [0.25, 0.3) is 22.2 Å². The number of amides is 4. The van der Waals surface area contributed by atoms with Crippen molar-refractivity contribution >= 4 is 52.0 Å². The highest BCUT2D eigenvalue weighted by molar-refractivity contribution is 5.96. The molecule has 0 spiro atoms. The summed E-state index contributed by atoms with van der Waals surface area (Å²) in [6.45, 7) is 11.8. The van der Waals surface area contributed by atoms with E-state index in [9.17, 15) is 24.0 Å². The van der Waals surface area contributed by atoms with E-state index in [1.165, 1.54) is 45.3 Å². The molecule has 462 valence electrons. The topological polar surface area (TPSA) is 205 Å². The van der Waals surface area contributed by atoms with Crippen LogP contribution in [0.2, 0.25) is 0 Å². The number of alkyl halides is 4. The number of hydrogen-bond donors (Lipinski definition) is 2. The maximum absolute atomic E-state index is 17.0. The molecule has 85 heavy (non-hydrogen) atoms. The average Bonchev–Trinajstić information content (AvgIpc) is 2.03. The van der Waals surface area contributed by atoms with Crippen LogP contribution in [-0.4, -0.2) is 202 Å². The number of hydrogen-bond acceptors (Lipinski definition) is 15. The third-order valence-corrected chi connectivity index (χ3v) is 18.3. The molecule has 2 N–H and O–H groups in total. The molecule has 6 fully saturated rings. The monoisotopic (exact) mass is 1190 g/mol. The molecule has 2 saturated carbocycles. The minimum absolute atomic E-state index is 0.0552. The Morgan fingerprint density at radius 3 is 2.36 bits per heavy atom. The molecule has 25 heteroatoms. The molecule has 7 aliphatic rings. The number of piperazine rings is 1. The second-order valence-corrected chi connectivity index (χ2v) is 25.7. The first-order valence-corrected chi connectivity index (χ1v) is 30.3. The molecule has 3 aromatic heterocycles. The Bertz CT molecular complexity index is 3150. The normalized spacial score (nSPS) is 24.3. The van der Waals surface area contributed by atoms with Crippen molar-refractivity contribution in [2.24, 2.45) is 11.3 Å². The first kappa shape index (κ1) is 60.3. The fraction of sp³-hybridized carbons (Fsp3) is 0.667. The number of cyclic esters (lactones) is 1. The van der Waals surface area contributed by atoms with Gasteiger partial charge in [0.2, 0.25) is 5.91 Å². The highest BCUT2D eigenvalue weighted by Gasteiger charge is 2.49. The number of esters is 1. The molecule has 21 nitrogen and oxygen atoms in total. The van der Waals surface area contributed by atoms with Gasteiger partial charge >= 0.3 is 18.2 Å². The Morgan fingerprint density at radius 1 is 0.941 bits per heavy atom. The van der Waals surface area contributed by atoms with Crippen molar-refractivity contribution in [3.05, 3.63) is 53.9 Å². The Labute approximate surface area is 493 Å². The number of likely N-dealkylation sites (tertiary alicyclic amines) is 1. The van der Waals surface area contributed by atoms with Crippen LogP contribution in [0, 0.1) is 11.3 Å². The molecular formula is C60H81F4N13O8. The van der Waals surface area contributed by atoms with Gasteiger partial charge in [-0.05, 0) is 87.6 Å². The first-order valence-electron chi connectivity index (χ1n) is 30.3. The molecular weight excluding hydrogens is 1110 g/mol. The number of pyridine rings is 1. The van der Waals surface area contributed by atoms with Gasteiger partial charge in [0.05, 0.1) is 48.7 Å². The first-order chi connectivity index (χ1) is 40.5. The molecule has 4 amide bonds. The quantitative estimate of drug-likeness (QED) is 0.117. The largest absolute Gasteiger partial charge is 0.464 e. The van der Waals surface area contributed by atoms with Crippen LogP contribution in [0.5, 0.6) is 0 Å². The summed E-state index contributed by atoms with van der Waals surface area (Å²) >= 11 is 0. The van der Waals surface area contributed by atoms with E-state index < -0.39 is 89.8 Å². The fourth-order valence-electron chi connectivity index (χ4n) is 13.3. The number of anilines is 2. The predicted octanol–water partition coefficient (Wildman–Crippen LogP) is 6.38. The summed E-state index contributed by atoms with van der Waals surface area (Å²) < 4.78 is 83.8. The Balaban J connectivity index is 0.907. The lowest BCUT2D eigenvalue weighted by atomic mass is 9.84. The van der Waals surface area contributed by atoms with Crippen LogP contribution >= 0.6 is 0 Å². The Kier molecular flexibility index (Phi) is 17.0. The molecule has 2 aliphatic carbocycles. The third kappa shape index (κ3) is 12.9. The molecule has 4 saturated heterocycles. The number of likely N-dealkylation sites (N-methyl/N-ethyl adjacent to an activating group) is 1. The van der Waals surface area contributed by atoms with E-state index in [0.29, 0.717) is 70.4 Å². The summed E-state index contributed by atoms with van der Waals surface area (Å²) in [4.78, 5) is 86.2. The van der Waals surface area contributed by atoms with Gasteiger partial charge in [-0.2, -0.15) is 13.2 Å². The molecule has 5 atom stereocenters. The number of morpholine rings is 1. The van der Waals surface area contributed by atoms with Gasteiger partial charge in [-0.3, -0.25) is 34.1 Å². The van der Waals surface area contributed by atoms with Crippen LogP contribution in [0.4, 0.5) is 33.7 Å². The SMILES string of the molecule is CO[C@@H](C)c1ncc(N2CCN(C3CC3)CC2)cc1-c1c2c3cc(ccc3n1CC(F)(F)F)N1CCO[C@@H](C[C@H](NC(=O)[C@H](C(C)C)N(C)C(=O)C3(F)CCN(C(=O)n4cnnc4C4CC4)CC3)C(=O)N3CCC[C@H](N3)C(=O)OCC(C)(C)C2)C1. The predicted molar refractivity (Wildman–Crippen MR) is 307 cm³/mol. The summed E-state index contributed by atoms with van der Waals surface area (Å²) in [6.07, 6.45) is 1.65. The number of hydrazine groups is 1. The second-order valence-electron chi connectivity index (χ2n) is 25.7. The fourth-order valence-corrected chi connectivity index (χ4v) is 13.3. The molecule has 0 unspecified atom stereocenters. The standard InChI is InChI=1S/C60H81F4N13O8/c1-36(2)50(70(6)56(81)59(61)16-19-73(20-17-59)57(82)76-35-66-68-52(76)38-10-11-38)53(78)67-47-29-42-32-74(25-26-84-42)40-14-15-48-43(27-40)45(30-58(4,5)34-85-55(80)46-9-8-18-77(69-46)54(47)79)51(75(48)33-60(62,63)64)44-28-41(31-65-49(44)37(3)83-7)72-23-21-71(22-24-72)39-12-13-39/h14-15,27-28,31,35-39,42,46-47,50,69H,8-13,16-26,29-30,32-34H2,1-7H3,(H,67,78)/t37-,42-,46-,47-,50-/m0/s1. The van der Waals surface area contributed by atoms with Crippen molar-refractivity contribution < 1.29 is 55.7 Å². The van der Waals surface area contributed by atoms with Gasteiger partial charge in [0.25, 0.3) is 11.8 Å². The van der Waals surface area contributed by atoms with Gasteiger partial charge in [0, 0.05) is 132 Å². The van der Waals surface area contributed by atoms with E-state index in [-0.39, 0.29) is 71.0 Å². The molecule has 8 heterocycles. The number of ether oxygens (including phenoxy) is 3. The van der Waals surface area contributed by atoms with Crippen LogP contribution in [0.3, 0.4) is 0 Å². The zero-order valence-corrected chi connectivity index (χ0v) is 49.8. The van der Waals surface area contributed by atoms with Gasteiger partial charge < -0.3 is 43.7 Å². The van der Waals surface area contributed by atoms with E-state index in [1.807, 2.05) is 32.9 Å². The Morgan fingerprint density at radius 2 is 1.68 bits per heavy atom. The summed E-state index contributed by atoms with van der Waals surface area (Å²) in [5.41, 5.74) is 3.63. The summed E-state index contributed by atoms with van der Waals surface area (Å²) in [5.74, 6) is -2.67. The highest BCUT2D eigenvalue weighted by atomic mass is 19.4. The number of carbonyl (C=O) groups is 5. The number of nitrogens with one attached hydrogen (secondary N) is 2. The smallest absolute Gasteiger partial charge is 0.406 e. The van der Waals surface area contributed by atoms with Gasteiger partial charge in [0.1, 0.15) is 36.8 Å². The summed E-state index contributed by atoms with van der Waals surface area (Å²) in [6, 6.07) is 4.11. The number of benzene rings is 1. The lowest BCUT2D eigenvalue weighted by Crippen LogP contribution is -2.63. The van der Waals surface area contributed by atoms with Crippen molar-refractivity contribution in [3.63, 3.8) is 0 Å². The second kappa shape index (κ2) is 24.0. The van der Waals surface area contributed by atoms with Crippen LogP contribution in [0.1, 0.15) is 122 Å². The van der Waals surface area contributed by atoms with Crippen molar-refractivity contribution in [1.82, 2.24) is 54.8 Å². The van der Waals surface area contributed by atoms with Crippen molar-refractivity contribution in [2.75, 3.05) is 96.1 Å². The number of piperidine rings is 1. The molecule has 4 aromatic rings. The van der Waals surface area contributed by atoms with Crippen molar-refractivity contribution in [3.8, 4) is 11.3 Å². The number of carbonyl (C=O) groups excluding carboxylic acids is 5. The average molecular weight is 1190 g/mol. The number of nitrogens with zero attached hydrogens (tertiary/aromatic N) is 11.